The van der Waals surface area contributed by atoms with Crippen molar-refractivity contribution in [1.29, 1.82) is 0 Å². The molecule has 0 saturated carbocycles. The standard InChI is InChI=1S/C14H22N4O2S2.ClH/c1-8(2)11(4-15)16-13(20)12-7-21-14(17-12)18-5-10(6-18)22-9(3)19;/h7-8,10-11H,4-6,15H2,1-3H3,(H,16,20);1H/t11-;/m1./s1. The van der Waals surface area contributed by atoms with E-state index in [1.54, 1.807) is 12.3 Å². The number of nitrogens with one attached hydrogen (secondary N) is 1. The molecule has 1 amide bonds. The minimum absolute atomic E-state index is 0. The van der Waals surface area contributed by atoms with Gasteiger partial charge >= 0.3 is 0 Å². The molecular weight excluding hydrogens is 356 g/mol. The molecule has 1 aliphatic rings. The number of amides is 1. The molecule has 0 bridgehead atoms. The van der Waals surface area contributed by atoms with Crippen LogP contribution in [0.1, 0.15) is 31.3 Å². The number of anilines is 1. The van der Waals surface area contributed by atoms with Crippen LogP contribution in [-0.4, -0.2) is 46.9 Å². The summed E-state index contributed by atoms with van der Waals surface area (Å²) < 4.78 is 0. The summed E-state index contributed by atoms with van der Waals surface area (Å²) in [6, 6.07) is -0.0435. The van der Waals surface area contributed by atoms with Gasteiger partial charge in [0.2, 0.25) is 0 Å². The maximum absolute atomic E-state index is 12.2. The number of thiazole rings is 1. The number of nitrogens with two attached hydrogens (primary N) is 1. The highest BCUT2D eigenvalue weighted by Crippen LogP contribution is 2.30. The largest absolute Gasteiger partial charge is 0.346 e. The molecule has 0 aliphatic carbocycles. The summed E-state index contributed by atoms with van der Waals surface area (Å²) in [5.41, 5.74) is 6.10. The van der Waals surface area contributed by atoms with E-state index in [0.717, 1.165) is 18.2 Å². The minimum Gasteiger partial charge on any atom is -0.346 e. The Morgan fingerprint density at radius 2 is 2.17 bits per heavy atom. The van der Waals surface area contributed by atoms with Crippen LogP contribution in [0, 0.1) is 5.92 Å². The van der Waals surface area contributed by atoms with Gasteiger partial charge in [0.05, 0.1) is 0 Å². The second kappa shape index (κ2) is 8.86. The third-order valence-corrected chi connectivity index (χ3v) is 5.42. The summed E-state index contributed by atoms with van der Waals surface area (Å²) in [6.07, 6.45) is 0. The van der Waals surface area contributed by atoms with Crippen molar-refractivity contribution in [2.24, 2.45) is 11.7 Å². The molecule has 1 fully saturated rings. The van der Waals surface area contributed by atoms with E-state index in [9.17, 15) is 9.59 Å². The Morgan fingerprint density at radius 1 is 1.52 bits per heavy atom. The number of carbonyl (C=O) groups excluding carboxylic acids is 2. The lowest BCUT2D eigenvalue weighted by atomic mass is 10.0. The van der Waals surface area contributed by atoms with Crippen LogP contribution >= 0.6 is 35.5 Å². The highest BCUT2D eigenvalue weighted by atomic mass is 35.5. The van der Waals surface area contributed by atoms with Crippen LogP contribution in [0.5, 0.6) is 0 Å². The molecule has 0 aromatic carbocycles. The number of rotatable bonds is 6. The lowest BCUT2D eigenvalue weighted by Gasteiger charge is -2.37. The van der Waals surface area contributed by atoms with E-state index in [0.29, 0.717) is 17.5 Å². The molecule has 0 radical (unpaired) electrons. The van der Waals surface area contributed by atoms with Crippen LogP contribution in [0.3, 0.4) is 0 Å². The van der Waals surface area contributed by atoms with Crippen molar-refractivity contribution in [3.63, 3.8) is 0 Å². The van der Waals surface area contributed by atoms with Gasteiger partial charge in [0, 0.05) is 43.2 Å². The topological polar surface area (TPSA) is 88.3 Å². The molecule has 3 N–H and O–H groups in total. The van der Waals surface area contributed by atoms with E-state index in [-0.39, 0.29) is 35.4 Å². The molecule has 130 valence electrons. The maximum Gasteiger partial charge on any atom is 0.271 e. The lowest BCUT2D eigenvalue weighted by molar-refractivity contribution is -0.109. The highest BCUT2D eigenvalue weighted by Gasteiger charge is 2.31. The van der Waals surface area contributed by atoms with E-state index in [1.165, 1.54) is 23.1 Å². The summed E-state index contributed by atoms with van der Waals surface area (Å²) in [5.74, 6) is 0.105. The first-order valence-electron chi connectivity index (χ1n) is 7.29. The van der Waals surface area contributed by atoms with Crippen molar-refractivity contribution in [2.75, 3.05) is 24.5 Å². The highest BCUT2D eigenvalue weighted by molar-refractivity contribution is 8.14. The van der Waals surface area contributed by atoms with E-state index in [1.807, 2.05) is 13.8 Å². The van der Waals surface area contributed by atoms with Gasteiger partial charge in [-0.25, -0.2) is 4.98 Å². The molecule has 1 aromatic rings. The number of nitrogens with zero attached hydrogens (tertiary/aromatic N) is 2. The van der Waals surface area contributed by atoms with Crippen LogP contribution in [0.4, 0.5) is 5.13 Å². The molecule has 1 atom stereocenters. The fraction of sp³-hybridized carbons (Fsp3) is 0.643. The van der Waals surface area contributed by atoms with Crippen molar-refractivity contribution in [3.05, 3.63) is 11.1 Å². The molecule has 1 aliphatic heterocycles. The predicted octanol–water partition coefficient (Wildman–Crippen LogP) is 1.75. The first kappa shape index (κ1) is 20.2. The smallest absolute Gasteiger partial charge is 0.271 e. The van der Waals surface area contributed by atoms with Gasteiger partial charge in [0.15, 0.2) is 10.2 Å². The fourth-order valence-electron chi connectivity index (χ4n) is 2.16. The molecular formula is C14H23ClN4O2S2. The van der Waals surface area contributed by atoms with Crippen LogP contribution in [0.15, 0.2) is 5.38 Å². The first-order valence-corrected chi connectivity index (χ1v) is 9.05. The Kier molecular flexibility index (Phi) is 7.79. The number of thioether (sulfide) groups is 1. The average Bonchev–Trinajstić information content (AvgIpc) is 2.88. The third kappa shape index (κ3) is 5.34. The summed E-state index contributed by atoms with van der Waals surface area (Å²) in [6.45, 7) is 7.65. The van der Waals surface area contributed by atoms with Gasteiger partial charge in [-0.1, -0.05) is 25.6 Å². The number of hydrogen-bond acceptors (Lipinski definition) is 7. The molecule has 2 rings (SSSR count). The molecule has 6 nitrogen and oxygen atoms in total. The zero-order chi connectivity index (χ0) is 16.3. The van der Waals surface area contributed by atoms with Crippen LogP contribution in [0.2, 0.25) is 0 Å². The van der Waals surface area contributed by atoms with Crippen LogP contribution in [0.25, 0.3) is 0 Å². The van der Waals surface area contributed by atoms with Crippen molar-refractivity contribution in [1.82, 2.24) is 10.3 Å². The summed E-state index contributed by atoms with van der Waals surface area (Å²) in [4.78, 5) is 29.7. The van der Waals surface area contributed by atoms with Crippen LogP contribution in [-0.2, 0) is 4.79 Å². The van der Waals surface area contributed by atoms with Crippen molar-refractivity contribution in [2.45, 2.75) is 32.1 Å². The van der Waals surface area contributed by atoms with Gasteiger partial charge in [0.25, 0.3) is 5.91 Å². The molecule has 9 heteroatoms. The second-order valence-corrected chi connectivity index (χ2v) is 8.03. The van der Waals surface area contributed by atoms with Crippen LogP contribution < -0.4 is 16.0 Å². The first-order chi connectivity index (χ1) is 10.4. The van der Waals surface area contributed by atoms with Crippen molar-refractivity contribution < 1.29 is 9.59 Å². The molecule has 1 saturated heterocycles. The zero-order valence-electron chi connectivity index (χ0n) is 13.4. The zero-order valence-corrected chi connectivity index (χ0v) is 15.9. The van der Waals surface area contributed by atoms with Gasteiger partial charge in [-0.3, -0.25) is 9.59 Å². The quantitative estimate of drug-likeness (QED) is 0.783. The summed E-state index contributed by atoms with van der Waals surface area (Å²) in [7, 11) is 0. The SMILES string of the molecule is CC(=O)SC1CN(c2nc(C(=O)N[C@H](CN)C(C)C)cs2)C1.Cl. The molecule has 1 aromatic heterocycles. The van der Waals surface area contributed by atoms with E-state index in [2.05, 4.69) is 15.2 Å². The fourth-order valence-corrected chi connectivity index (χ4v) is 3.96. The van der Waals surface area contributed by atoms with E-state index in [4.69, 9.17) is 5.73 Å². The Labute approximate surface area is 151 Å². The summed E-state index contributed by atoms with van der Waals surface area (Å²) >= 11 is 2.82. The Balaban J connectivity index is 0.00000264. The average molecular weight is 379 g/mol. The van der Waals surface area contributed by atoms with Crippen molar-refractivity contribution in [3.8, 4) is 0 Å². The molecule has 2 heterocycles. The second-order valence-electron chi connectivity index (χ2n) is 5.71. The Bertz CT molecular complexity index is 547. The van der Waals surface area contributed by atoms with Gasteiger partial charge in [-0.15, -0.1) is 23.7 Å². The normalized spacial score (nSPS) is 15.8. The summed E-state index contributed by atoms with van der Waals surface area (Å²) in [5, 5.41) is 6.00. The Morgan fingerprint density at radius 3 is 2.70 bits per heavy atom. The van der Waals surface area contributed by atoms with E-state index < -0.39 is 0 Å². The number of hydrogen-bond donors (Lipinski definition) is 2. The van der Waals surface area contributed by atoms with Gasteiger partial charge in [-0.05, 0) is 5.92 Å². The van der Waals surface area contributed by atoms with Crippen molar-refractivity contribution >= 4 is 51.7 Å². The number of halogens is 1. The predicted molar refractivity (Wildman–Crippen MR) is 98.8 cm³/mol. The minimum atomic E-state index is -0.179. The van der Waals surface area contributed by atoms with Gasteiger partial charge in [0.1, 0.15) is 5.69 Å². The Hall–Kier alpha value is -0.830. The maximum atomic E-state index is 12.2. The molecule has 0 unspecified atom stereocenters. The number of carbonyl (C=O) groups is 2. The van der Waals surface area contributed by atoms with E-state index >= 15 is 0 Å². The lowest BCUT2D eigenvalue weighted by Crippen LogP contribution is -2.49. The third-order valence-electron chi connectivity index (χ3n) is 3.55. The number of aromatic nitrogens is 1. The van der Waals surface area contributed by atoms with Gasteiger partial charge in [-0.2, -0.15) is 0 Å². The van der Waals surface area contributed by atoms with Gasteiger partial charge < -0.3 is 16.0 Å². The molecule has 0 spiro atoms. The monoisotopic (exact) mass is 378 g/mol. The molecule has 23 heavy (non-hydrogen) atoms.